The topological polar surface area (TPSA) is 114 Å². The van der Waals surface area contributed by atoms with Gasteiger partial charge in [0.15, 0.2) is 6.61 Å². The zero-order valence-electron chi connectivity index (χ0n) is 16.4. The second-order valence-corrected chi connectivity index (χ2v) is 7.55. The zero-order chi connectivity index (χ0) is 20.6. The van der Waals surface area contributed by atoms with Gasteiger partial charge in [-0.1, -0.05) is 31.4 Å². The molecule has 0 atom stereocenters. The van der Waals surface area contributed by atoms with Crippen LogP contribution in [0.4, 0.5) is 5.69 Å². The fourth-order valence-electron chi connectivity index (χ4n) is 3.33. The van der Waals surface area contributed by atoms with Crippen LogP contribution in [0, 0.1) is 5.92 Å². The third-order valence-corrected chi connectivity index (χ3v) is 5.11. The molecule has 3 N–H and O–H groups in total. The molecule has 156 valence electrons. The number of hydrogen-bond acceptors (Lipinski definition) is 5. The molecule has 0 bridgehead atoms. The highest BCUT2D eigenvalue weighted by Crippen LogP contribution is 2.23. The summed E-state index contributed by atoms with van der Waals surface area (Å²) in [6, 6.07) is 6.87. The van der Waals surface area contributed by atoms with Gasteiger partial charge < -0.3 is 20.7 Å². The minimum absolute atomic E-state index is 0.0434. The molecule has 3 rings (SSSR count). The van der Waals surface area contributed by atoms with Crippen molar-refractivity contribution in [1.29, 1.82) is 0 Å². The molecule has 0 saturated heterocycles. The minimum atomic E-state index is -0.677. The van der Waals surface area contributed by atoms with E-state index in [0.717, 1.165) is 44.9 Å². The Morgan fingerprint density at radius 2 is 1.69 bits per heavy atom. The summed E-state index contributed by atoms with van der Waals surface area (Å²) in [4.78, 5) is 48.2. The standard InChI is InChI=1S/C21H27N3O5/c25-18(13-29-19(26)12-22-20(27)14-6-2-1-3-7-14)24-17-9-5-4-8-16(17)21(28)23-15-10-11-15/h4-5,8-9,14-15H,1-3,6-7,10-13H2,(H,22,27)(H,23,28)(H,24,25). The number of para-hydroxylation sites is 1. The van der Waals surface area contributed by atoms with Crippen molar-refractivity contribution in [2.24, 2.45) is 5.92 Å². The minimum Gasteiger partial charge on any atom is -0.454 e. The van der Waals surface area contributed by atoms with Crippen LogP contribution in [0.1, 0.15) is 55.3 Å². The summed E-state index contributed by atoms with van der Waals surface area (Å²) in [5.41, 5.74) is 0.719. The smallest absolute Gasteiger partial charge is 0.325 e. The van der Waals surface area contributed by atoms with Gasteiger partial charge in [0.25, 0.3) is 11.8 Å². The van der Waals surface area contributed by atoms with Crippen molar-refractivity contribution in [3.05, 3.63) is 29.8 Å². The summed E-state index contributed by atoms with van der Waals surface area (Å²) in [6.07, 6.45) is 6.83. The highest BCUT2D eigenvalue weighted by molar-refractivity contribution is 6.04. The summed E-state index contributed by atoms with van der Waals surface area (Å²) >= 11 is 0. The number of esters is 1. The van der Waals surface area contributed by atoms with Crippen molar-refractivity contribution >= 4 is 29.4 Å². The molecule has 0 spiro atoms. The Kier molecular flexibility index (Phi) is 7.21. The van der Waals surface area contributed by atoms with E-state index in [2.05, 4.69) is 16.0 Å². The number of anilines is 1. The Morgan fingerprint density at radius 3 is 2.41 bits per heavy atom. The first-order valence-electron chi connectivity index (χ1n) is 10.2. The van der Waals surface area contributed by atoms with E-state index in [0.29, 0.717) is 11.3 Å². The van der Waals surface area contributed by atoms with E-state index in [9.17, 15) is 19.2 Å². The molecule has 2 aliphatic rings. The molecule has 2 fully saturated rings. The zero-order valence-corrected chi connectivity index (χ0v) is 16.4. The number of hydrogen-bond donors (Lipinski definition) is 3. The molecule has 29 heavy (non-hydrogen) atoms. The van der Waals surface area contributed by atoms with Crippen LogP contribution in [0.3, 0.4) is 0 Å². The van der Waals surface area contributed by atoms with Crippen LogP contribution in [0.15, 0.2) is 24.3 Å². The highest BCUT2D eigenvalue weighted by Gasteiger charge is 2.25. The average Bonchev–Trinajstić information content (AvgIpc) is 3.55. The highest BCUT2D eigenvalue weighted by atomic mass is 16.5. The predicted octanol–water partition coefficient (Wildman–Crippen LogP) is 1.76. The lowest BCUT2D eigenvalue weighted by Crippen LogP contribution is -2.36. The van der Waals surface area contributed by atoms with Crippen molar-refractivity contribution in [1.82, 2.24) is 10.6 Å². The largest absolute Gasteiger partial charge is 0.454 e. The number of benzene rings is 1. The van der Waals surface area contributed by atoms with E-state index in [-0.39, 0.29) is 30.3 Å². The Hall–Kier alpha value is -2.90. The van der Waals surface area contributed by atoms with Gasteiger partial charge in [0.1, 0.15) is 6.54 Å². The van der Waals surface area contributed by atoms with Gasteiger partial charge in [-0.3, -0.25) is 19.2 Å². The lowest BCUT2D eigenvalue weighted by molar-refractivity contribution is -0.147. The van der Waals surface area contributed by atoms with Gasteiger partial charge in [0.05, 0.1) is 11.3 Å². The number of carbonyl (C=O) groups is 4. The van der Waals surface area contributed by atoms with Crippen LogP contribution in [-0.2, 0) is 19.1 Å². The summed E-state index contributed by atoms with van der Waals surface area (Å²) in [5.74, 6) is -1.65. The van der Waals surface area contributed by atoms with Crippen molar-refractivity contribution in [3.8, 4) is 0 Å². The van der Waals surface area contributed by atoms with Crippen LogP contribution in [0.2, 0.25) is 0 Å². The summed E-state index contributed by atoms with van der Waals surface area (Å²) in [7, 11) is 0. The van der Waals surface area contributed by atoms with Crippen molar-refractivity contribution in [2.45, 2.75) is 51.0 Å². The fraction of sp³-hybridized carbons (Fsp3) is 0.524. The molecule has 8 nitrogen and oxygen atoms in total. The predicted molar refractivity (Wildman–Crippen MR) is 106 cm³/mol. The maximum atomic E-state index is 12.3. The normalized spacial score (nSPS) is 16.6. The third kappa shape index (κ3) is 6.58. The van der Waals surface area contributed by atoms with E-state index in [1.165, 1.54) is 0 Å². The molecular weight excluding hydrogens is 374 g/mol. The molecule has 8 heteroatoms. The number of carbonyl (C=O) groups excluding carboxylic acids is 4. The Morgan fingerprint density at radius 1 is 0.966 bits per heavy atom. The SMILES string of the molecule is O=C(COC(=O)CNC(=O)C1CCCCC1)Nc1ccccc1C(=O)NC1CC1. The molecule has 0 aromatic heterocycles. The van der Waals surface area contributed by atoms with Gasteiger partial charge in [0.2, 0.25) is 5.91 Å². The third-order valence-electron chi connectivity index (χ3n) is 5.11. The van der Waals surface area contributed by atoms with E-state index in [1.54, 1.807) is 24.3 Å². The number of rotatable bonds is 8. The summed E-state index contributed by atoms with van der Waals surface area (Å²) < 4.78 is 4.92. The molecule has 0 unspecified atom stereocenters. The Balaban J connectivity index is 1.41. The molecule has 0 aliphatic heterocycles. The molecule has 3 amide bonds. The van der Waals surface area contributed by atoms with Gasteiger partial charge in [0, 0.05) is 12.0 Å². The van der Waals surface area contributed by atoms with Gasteiger partial charge in [-0.2, -0.15) is 0 Å². The van der Waals surface area contributed by atoms with Crippen LogP contribution in [0.5, 0.6) is 0 Å². The monoisotopic (exact) mass is 401 g/mol. The molecule has 1 aromatic rings. The lowest BCUT2D eigenvalue weighted by Gasteiger charge is -2.20. The molecule has 2 saturated carbocycles. The van der Waals surface area contributed by atoms with Crippen LogP contribution >= 0.6 is 0 Å². The van der Waals surface area contributed by atoms with Crippen LogP contribution in [-0.4, -0.2) is 42.9 Å². The summed E-state index contributed by atoms with van der Waals surface area (Å²) in [6.45, 7) is -0.750. The van der Waals surface area contributed by atoms with Gasteiger partial charge in [-0.05, 0) is 37.8 Å². The Bertz CT molecular complexity index is 769. The first-order chi connectivity index (χ1) is 14.0. The first-order valence-corrected chi connectivity index (χ1v) is 10.2. The maximum Gasteiger partial charge on any atom is 0.325 e. The lowest BCUT2D eigenvalue weighted by atomic mass is 9.89. The number of ether oxygens (including phenoxy) is 1. The van der Waals surface area contributed by atoms with Gasteiger partial charge >= 0.3 is 5.97 Å². The second-order valence-electron chi connectivity index (χ2n) is 7.55. The molecule has 0 radical (unpaired) electrons. The number of amides is 3. The van der Waals surface area contributed by atoms with E-state index in [1.807, 2.05) is 0 Å². The Labute approximate surface area is 169 Å². The van der Waals surface area contributed by atoms with E-state index >= 15 is 0 Å². The van der Waals surface area contributed by atoms with Crippen LogP contribution in [0.25, 0.3) is 0 Å². The van der Waals surface area contributed by atoms with Crippen molar-refractivity contribution in [3.63, 3.8) is 0 Å². The fourth-order valence-corrected chi connectivity index (χ4v) is 3.33. The molecular formula is C21H27N3O5. The molecule has 1 aromatic carbocycles. The number of nitrogens with one attached hydrogen (secondary N) is 3. The summed E-state index contributed by atoms with van der Waals surface area (Å²) in [5, 5.41) is 8.04. The van der Waals surface area contributed by atoms with E-state index in [4.69, 9.17) is 4.74 Å². The quantitative estimate of drug-likeness (QED) is 0.575. The molecule has 2 aliphatic carbocycles. The maximum absolute atomic E-state index is 12.3. The first kappa shape index (κ1) is 20.8. The molecule has 0 heterocycles. The second kappa shape index (κ2) is 10.0. The van der Waals surface area contributed by atoms with Crippen molar-refractivity contribution in [2.75, 3.05) is 18.5 Å². The van der Waals surface area contributed by atoms with E-state index < -0.39 is 18.5 Å². The average molecular weight is 401 g/mol. The van der Waals surface area contributed by atoms with Crippen LogP contribution < -0.4 is 16.0 Å². The van der Waals surface area contributed by atoms with Crippen molar-refractivity contribution < 1.29 is 23.9 Å². The van der Waals surface area contributed by atoms with Gasteiger partial charge in [-0.15, -0.1) is 0 Å². The van der Waals surface area contributed by atoms with Gasteiger partial charge in [-0.25, -0.2) is 0 Å².